The van der Waals surface area contributed by atoms with Gasteiger partial charge in [-0.05, 0) is 43.5 Å². The molecule has 0 aliphatic heterocycles. The zero-order valence-electron chi connectivity index (χ0n) is 13.6. The molecule has 0 heterocycles. The Morgan fingerprint density at radius 3 is 2.30 bits per heavy atom. The number of benzene rings is 1. The normalized spacial score (nSPS) is 13.2. The minimum atomic E-state index is -0.380. The second-order valence-electron chi connectivity index (χ2n) is 6.32. The number of aliphatic hydroxyl groups is 1. The van der Waals surface area contributed by atoms with E-state index in [1.165, 1.54) is 24.8 Å². The van der Waals surface area contributed by atoms with Crippen LogP contribution in [0.3, 0.4) is 0 Å². The van der Waals surface area contributed by atoms with Crippen LogP contribution in [0.5, 0.6) is 0 Å². The number of hydrogen-bond acceptors (Lipinski definition) is 2. The summed E-state index contributed by atoms with van der Waals surface area (Å²) in [6.07, 6.45) is 4.45. The lowest BCUT2D eigenvalue weighted by Crippen LogP contribution is -2.25. The molecule has 0 spiro atoms. The van der Waals surface area contributed by atoms with Crippen LogP contribution in [-0.4, -0.2) is 30.1 Å². The van der Waals surface area contributed by atoms with Gasteiger partial charge < -0.3 is 10.0 Å². The first-order valence-corrected chi connectivity index (χ1v) is 7.98. The first kappa shape index (κ1) is 17.2. The highest BCUT2D eigenvalue weighted by Gasteiger charge is 2.10. The Morgan fingerprint density at radius 1 is 1.10 bits per heavy atom. The molecule has 0 saturated heterocycles. The van der Waals surface area contributed by atoms with Gasteiger partial charge in [-0.25, -0.2) is 0 Å². The summed E-state index contributed by atoms with van der Waals surface area (Å²) in [6, 6.07) is 8.44. The van der Waals surface area contributed by atoms with Crippen molar-refractivity contribution < 1.29 is 5.11 Å². The minimum Gasteiger partial charge on any atom is -0.387 e. The molecule has 1 rings (SSSR count). The summed E-state index contributed by atoms with van der Waals surface area (Å²) in [6.45, 7) is 8.46. The van der Waals surface area contributed by atoms with Crippen molar-refractivity contribution in [2.75, 3.05) is 20.1 Å². The standard InChI is InChI=1S/C18H31NO/c1-5-6-7-12-19(4)14-18(20)17-10-8-16(9-11-17)13-15(2)3/h8-11,15,18,20H,5-7,12-14H2,1-4H3. The van der Waals surface area contributed by atoms with Crippen LogP contribution in [0.1, 0.15) is 57.3 Å². The van der Waals surface area contributed by atoms with E-state index in [2.05, 4.69) is 57.0 Å². The smallest absolute Gasteiger partial charge is 0.0916 e. The molecule has 114 valence electrons. The minimum absolute atomic E-state index is 0.380. The quantitative estimate of drug-likeness (QED) is 0.689. The van der Waals surface area contributed by atoms with Crippen LogP contribution in [0.25, 0.3) is 0 Å². The number of aliphatic hydroxyl groups excluding tert-OH is 1. The Labute approximate surface area is 124 Å². The predicted octanol–water partition coefficient (Wildman–Crippen LogP) is 4.04. The first-order valence-electron chi connectivity index (χ1n) is 7.98. The van der Waals surface area contributed by atoms with E-state index in [1.54, 1.807) is 0 Å². The number of hydrogen-bond donors (Lipinski definition) is 1. The van der Waals surface area contributed by atoms with E-state index in [9.17, 15) is 5.11 Å². The maximum atomic E-state index is 10.3. The summed E-state index contributed by atoms with van der Waals surface area (Å²) in [4.78, 5) is 2.22. The van der Waals surface area contributed by atoms with Gasteiger partial charge in [-0.3, -0.25) is 0 Å². The van der Waals surface area contributed by atoms with E-state index in [0.717, 1.165) is 18.5 Å². The zero-order chi connectivity index (χ0) is 15.0. The van der Waals surface area contributed by atoms with E-state index in [0.29, 0.717) is 12.5 Å². The second-order valence-corrected chi connectivity index (χ2v) is 6.32. The summed E-state index contributed by atoms with van der Waals surface area (Å²) >= 11 is 0. The van der Waals surface area contributed by atoms with Crippen LogP contribution in [0.15, 0.2) is 24.3 Å². The predicted molar refractivity (Wildman–Crippen MR) is 87.0 cm³/mol. The van der Waals surface area contributed by atoms with Gasteiger partial charge in [0.1, 0.15) is 0 Å². The van der Waals surface area contributed by atoms with Crippen LogP contribution in [-0.2, 0) is 6.42 Å². The Balaban J connectivity index is 2.44. The summed E-state index contributed by atoms with van der Waals surface area (Å²) < 4.78 is 0. The average Bonchev–Trinajstić information content (AvgIpc) is 2.39. The maximum Gasteiger partial charge on any atom is 0.0916 e. The van der Waals surface area contributed by atoms with E-state index in [1.807, 2.05) is 0 Å². The largest absolute Gasteiger partial charge is 0.387 e. The molecule has 1 aromatic carbocycles. The molecule has 0 bridgehead atoms. The van der Waals surface area contributed by atoms with Crippen LogP contribution in [0, 0.1) is 5.92 Å². The highest BCUT2D eigenvalue weighted by Crippen LogP contribution is 2.16. The topological polar surface area (TPSA) is 23.5 Å². The third kappa shape index (κ3) is 6.53. The summed E-state index contributed by atoms with van der Waals surface area (Å²) in [5.74, 6) is 0.676. The van der Waals surface area contributed by atoms with Gasteiger partial charge in [0.2, 0.25) is 0 Å². The van der Waals surface area contributed by atoms with Crippen molar-refractivity contribution in [2.45, 2.75) is 52.6 Å². The van der Waals surface area contributed by atoms with Gasteiger partial charge in [-0.15, -0.1) is 0 Å². The molecular formula is C18H31NO. The van der Waals surface area contributed by atoms with Crippen molar-refractivity contribution in [3.63, 3.8) is 0 Å². The maximum absolute atomic E-state index is 10.3. The molecule has 1 aromatic rings. The monoisotopic (exact) mass is 277 g/mol. The van der Waals surface area contributed by atoms with Gasteiger partial charge in [0, 0.05) is 6.54 Å². The van der Waals surface area contributed by atoms with E-state index >= 15 is 0 Å². The molecular weight excluding hydrogens is 246 g/mol. The summed E-state index contributed by atoms with van der Waals surface area (Å²) in [7, 11) is 2.09. The fraction of sp³-hybridized carbons (Fsp3) is 0.667. The van der Waals surface area contributed by atoms with E-state index in [4.69, 9.17) is 0 Å². The molecule has 0 amide bonds. The van der Waals surface area contributed by atoms with Gasteiger partial charge in [0.25, 0.3) is 0 Å². The summed E-state index contributed by atoms with van der Waals surface area (Å²) in [5, 5.41) is 10.3. The highest BCUT2D eigenvalue weighted by atomic mass is 16.3. The highest BCUT2D eigenvalue weighted by molar-refractivity contribution is 5.24. The van der Waals surface area contributed by atoms with Crippen molar-refractivity contribution in [1.29, 1.82) is 0 Å². The van der Waals surface area contributed by atoms with Gasteiger partial charge in [-0.1, -0.05) is 57.9 Å². The van der Waals surface area contributed by atoms with Gasteiger partial charge in [-0.2, -0.15) is 0 Å². The Kier molecular flexibility index (Phi) is 7.86. The van der Waals surface area contributed by atoms with E-state index < -0.39 is 0 Å². The summed E-state index contributed by atoms with van der Waals surface area (Å²) in [5.41, 5.74) is 2.38. The number of nitrogens with zero attached hydrogens (tertiary/aromatic N) is 1. The van der Waals surface area contributed by atoms with Crippen LogP contribution in [0.4, 0.5) is 0 Å². The van der Waals surface area contributed by atoms with Crippen LogP contribution < -0.4 is 0 Å². The number of unbranched alkanes of at least 4 members (excludes halogenated alkanes) is 2. The van der Waals surface area contributed by atoms with Crippen molar-refractivity contribution in [3.8, 4) is 0 Å². The molecule has 2 nitrogen and oxygen atoms in total. The Bertz CT molecular complexity index is 358. The van der Waals surface area contributed by atoms with Gasteiger partial charge in [0.15, 0.2) is 0 Å². The third-order valence-electron chi connectivity index (χ3n) is 3.64. The van der Waals surface area contributed by atoms with Gasteiger partial charge >= 0.3 is 0 Å². The molecule has 0 aliphatic rings. The molecule has 0 fully saturated rings. The molecule has 0 aromatic heterocycles. The van der Waals surface area contributed by atoms with Crippen molar-refractivity contribution in [3.05, 3.63) is 35.4 Å². The SMILES string of the molecule is CCCCCN(C)CC(O)c1ccc(CC(C)C)cc1. The number of likely N-dealkylation sites (N-methyl/N-ethyl adjacent to an activating group) is 1. The lowest BCUT2D eigenvalue weighted by atomic mass is 10.00. The third-order valence-corrected chi connectivity index (χ3v) is 3.64. The average molecular weight is 277 g/mol. The van der Waals surface area contributed by atoms with Gasteiger partial charge in [0.05, 0.1) is 6.10 Å². The molecule has 1 N–H and O–H groups in total. The van der Waals surface area contributed by atoms with Crippen molar-refractivity contribution >= 4 is 0 Å². The fourth-order valence-corrected chi connectivity index (χ4v) is 2.47. The molecule has 20 heavy (non-hydrogen) atoms. The molecule has 1 atom stereocenters. The molecule has 0 saturated carbocycles. The second kappa shape index (κ2) is 9.15. The Hall–Kier alpha value is -0.860. The molecule has 0 aliphatic carbocycles. The van der Waals surface area contributed by atoms with Crippen LogP contribution >= 0.6 is 0 Å². The van der Waals surface area contributed by atoms with Crippen LogP contribution in [0.2, 0.25) is 0 Å². The van der Waals surface area contributed by atoms with Crippen molar-refractivity contribution in [1.82, 2.24) is 4.90 Å². The zero-order valence-corrected chi connectivity index (χ0v) is 13.6. The first-order chi connectivity index (χ1) is 9.52. The lowest BCUT2D eigenvalue weighted by molar-refractivity contribution is 0.126. The van der Waals surface area contributed by atoms with E-state index in [-0.39, 0.29) is 6.10 Å². The molecule has 0 radical (unpaired) electrons. The fourth-order valence-electron chi connectivity index (χ4n) is 2.47. The Morgan fingerprint density at radius 2 is 1.75 bits per heavy atom. The molecule has 2 heteroatoms. The van der Waals surface area contributed by atoms with Crippen molar-refractivity contribution in [2.24, 2.45) is 5.92 Å². The number of rotatable bonds is 9. The molecule has 1 unspecified atom stereocenters. The lowest BCUT2D eigenvalue weighted by Gasteiger charge is -2.21.